The quantitative estimate of drug-likeness (QED) is 0.770. The fourth-order valence-corrected chi connectivity index (χ4v) is 2.28. The molecular weight excluding hydrogens is 304 g/mol. The van der Waals surface area contributed by atoms with Gasteiger partial charge in [-0.15, -0.1) is 0 Å². The van der Waals surface area contributed by atoms with E-state index in [1.54, 1.807) is 0 Å². The molecule has 0 saturated carbocycles. The standard InChI is InChI=1S/C15H23BrN2O/c1-2-12(9-10-17)5-8-15(19)18-11-13-3-6-14(16)7-4-13/h3-4,6-7,12H,2,5,8-11,17H2,1H3,(H,18,19). The third-order valence-electron chi connectivity index (χ3n) is 3.33. The Morgan fingerprint density at radius 1 is 1.32 bits per heavy atom. The lowest BCUT2D eigenvalue weighted by Gasteiger charge is -2.13. The normalized spacial score (nSPS) is 12.2. The van der Waals surface area contributed by atoms with Gasteiger partial charge in [-0.05, 0) is 43.0 Å². The van der Waals surface area contributed by atoms with Crippen LogP contribution >= 0.6 is 15.9 Å². The van der Waals surface area contributed by atoms with Crippen LogP contribution in [0, 0.1) is 5.92 Å². The third kappa shape index (κ3) is 6.73. The summed E-state index contributed by atoms with van der Waals surface area (Å²) in [7, 11) is 0. The molecule has 3 N–H and O–H groups in total. The molecule has 0 aliphatic heterocycles. The molecule has 0 spiro atoms. The maximum absolute atomic E-state index is 11.8. The van der Waals surface area contributed by atoms with Crippen LogP contribution in [0.3, 0.4) is 0 Å². The summed E-state index contributed by atoms with van der Waals surface area (Å²) >= 11 is 3.39. The molecule has 0 fully saturated rings. The summed E-state index contributed by atoms with van der Waals surface area (Å²) in [6.07, 6.45) is 3.63. The van der Waals surface area contributed by atoms with E-state index in [1.165, 1.54) is 0 Å². The van der Waals surface area contributed by atoms with E-state index in [0.717, 1.165) is 29.3 Å². The molecule has 0 saturated heterocycles. The number of amides is 1. The molecule has 1 aromatic carbocycles. The molecule has 1 aromatic rings. The first-order valence-corrected chi connectivity index (χ1v) is 7.66. The van der Waals surface area contributed by atoms with Gasteiger partial charge < -0.3 is 11.1 Å². The lowest BCUT2D eigenvalue weighted by Crippen LogP contribution is -2.23. The minimum Gasteiger partial charge on any atom is -0.352 e. The average Bonchev–Trinajstić information content (AvgIpc) is 2.42. The number of benzene rings is 1. The first kappa shape index (κ1) is 16.2. The number of carbonyl (C=O) groups is 1. The number of nitrogens with two attached hydrogens (primary N) is 1. The number of nitrogens with one attached hydrogen (secondary N) is 1. The van der Waals surface area contributed by atoms with E-state index >= 15 is 0 Å². The van der Waals surface area contributed by atoms with Crippen LogP contribution in [0.5, 0.6) is 0 Å². The molecule has 19 heavy (non-hydrogen) atoms. The highest BCUT2D eigenvalue weighted by molar-refractivity contribution is 9.10. The van der Waals surface area contributed by atoms with E-state index in [-0.39, 0.29) is 5.91 Å². The number of rotatable bonds is 8. The molecule has 1 unspecified atom stereocenters. The van der Waals surface area contributed by atoms with Crippen LogP contribution in [0.15, 0.2) is 28.7 Å². The number of halogens is 1. The van der Waals surface area contributed by atoms with Gasteiger partial charge in [0.1, 0.15) is 0 Å². The van der Waals surface area contributed by atoms with Crippen LogP contribution in [0.1, 0.15) is 38.2 Å². The highest BCUT2D eigenvalue weighted by atomic mass is 79.9. The largest absolute Gasteiger partial charge is 0.352 e. The zero-order chi connectivity index (χ0) is 14.1. The average molecular weight is 327 g/mol. The molecule has 4 heteroatoms. The predicted octanol–water partition coefficient (Wildman–Crippen LogP) is 3.22. The monoisotopic (exact) mass is 326 g/mol. The van der Waals surface area contributed by atoms with Crippen molar-refractivity contribution >= 4 is 21.8 Å². The second-order valence-electron chi connectivity index (χ2n) is 4.79. The Hall–Kier alpha value is -0.870. The zero-order valence-electron chi connectivity index (χ0n) is 11.5. The predicted molar refractivity (Wildman–Crippen MR) is 82.7 cm³/mol. The van der Waals surface area contributed by atoms with Crippen molar-refractivity contribution in [3.05, 3.63) is 34.3 Å². The number of carbonyl (C=O) groups excluding carboxylic acids is 1. The summed E-state index contributed by atoms with van der Waals surface area (Å²) in [5.41, 5.74) is 6.67. The fraction of sp³-hybridized carbons (Fsp3) is 0.533. The van der Waals surface area contributed by atoms with Crippen molar-refractivity contribution in [1.82, 2.24) is 5.32 Å². The topological polar surface area (TPSA) is 55.1 Å². The van der Waals surface area contributed by atoms with Gasteiger partial charge >= 0.3 is 0 Å². The van der Waals surface area contributed by atoms with Gasteiger partial charge in [0.25, 0.3) is 0 Å². The molecule has 3 nitrogen and oxygen atoms in total. The third-order valence-corrected chi connectivity index (χ3v) is 3.86. The fourth-order valence-electron chi connectivity index (χ4n) is 2.01. The first-order valence-electron chi connectivity index (χ1n) is 6.87. The van der Waals surface area contributed by atoms with E-state index in [4.69, 9.17) is 5.73 Å². The van der Waals surface area contributed by atoms with E-state index < -0.39 is 0 Å². The molecule has 1 atom stereocenters. The highest BCUT2D eigenvalue weighted by Gasteiger charge is 2.08. The molecule has 0 bridgehead atoms. The minimum atomic E-state index is 0.124. The smallest absolute Gasteiger partial charge is 0.220 e. The second-order valence-corrected chi connectivity index (χ2v) is 5.71. The summed E-state index contributed by atoms with van der Waals surface area (Å²) in [6, 6.07) is 7.98. The van der Waals surface area contributed by atoms with Gasteiger partial charge in [-0.3, -0.25) is 4.79 Å². The van der Waals surface area contributed by atoms with E-state index in [0.29, 0.717) is 25.4 Å². The van der Waals surface area contributed by atoms with E-state index in [2.05, 4.69) is 28.2 Å². The van der Waals surface area contributed by atoms with Crippen molar-refractivity contribution in [3.8, 4) is 0 Å². The first-order chi connectivity index (χ1) is 9.15. The summed E-state index contributed by atoms with van der Waals surface area (Å²) in [6.45, 7) is 3.46. The van der Waals surface area contributed by atoms with Crippen LogP contribution in [0.2, 0.25) is 0 Å². The van der Waals surface area contributed by atoms with Crippen molar-refractivity contribution < 1.29 is 4.79 Å². The van der Waals surface area contributed by atoms with E-state index in [9.17, 15) is 4.79 Å². The molecule has 106 valence electrons. The van der Waals surface area contributed by atoms with E-state index in [1.807, 2.05) is 24.3 Å². The Labute approximate surface area is 124 Å². The van der Waals surface area contributed by atoms with Crippen LogP contribution < -0.4 is 11.1 Å². The highest BCUT2D eigenvalue weighted by Crippen LogP contribution is 2.14. The summed E-state index contributed by atoms with van der Waals surface area (Å²) in [4.78, 5) is 11.8. The van der Waals surface area contributed by atoms with Crippen LogP contribution in [0.25, 0.3) is 0 Å². The molecule has 0 aliphatic carbocycles. The van der Waals surface area contributed by atoms with Crippen LogP contribution in [-0.2, 0) is 11.3 Å². The van der Waals surface area contributed by atoms with Gasteiger partial charge in [0.05, 0.1) is 0 Å². The van der Waals surface area contributed by atoms with Gasteiger partial charge in [0, 0.05) is 17.4 Å². The lowest BCUT2D eigenvalue weighted by atomic mass is 9.96. The van der Waals surface area contributed by atoms with Gasteiger partial charge in [-0.1, -0.05) is 41.4 Å². The summed E-state index contributed by atoms with van der Waals surface area (Å²) in [5, 5.41) is 2.95. The Balaban J connectivity index is 2.25. The zero-order valence-corrected chi connectivity index (χ0v) is 13.1. The van der Waals surface area contributed by atoms with Crippen LogP contribution in [0.4, 0.5) is 0 Å². The van der Waals surface area contributed by atoms with Crippen molar-refractivity contribution in [3.63, 3.8) is 0 Å². The van der Waals surface area contributed by atoms with Gasteiger partial charge in [-0.2, -0.15) is 0 Å². The van der Waals surface area contributed by atoms with Gasteiger partial charge in [0.2, 0.25) is 5.91 Å². The second kappa shape index (κ2) is 9.10. The lowest BCUT2D eigenvalue weighted by molar-refractivity contribution is -0.121. The molecule has 1 rings (SSSR count). The molecular formula is C15H23BrN2O. The molecule has 1 amide bonds. The summed E-state index contributed by atoms with van der Waals surface area (Å²) < 4.78 is 1.05. The Kier molecular flexibility index (Phi) is 7.75. The number of hydrogen-bond donors (Lipinski definition) is 2. The van der Waals surface area contributed by atoms with Gasteiger partial charge in [0.15, 0.2) is 0 Å². The Morgan fingerprint density at radius 2 is 2.00 bits per heavy atom. The minimum absolute atomic E-state index is 0.124. The maximum atomic E-state index is 11.8. The van der Waals surface area contributed by atoms with Crippen molar-refractivity contribution in [2.75, 3.05) is 6.54 Å². The van der Waals surface area contributed by atoms with Crippen molar-refractivity contribution in [2.24, 2.45) is 11.7 Å². The van der Waals surface area contributed by atoms with Crippen LogP contribution in [-0.4, -0.2) is 12.5 Å². The Morgan fingerprint density at radius 3 is 2.58 bits per heavy atom. The SMILES string of the molecule is CCC(CCN)CCC(=O)NCc1ccc(Br)cc1. The number of hydrogen-bond acceptors (Lipinski definition) is 2. The van der Waals surface area contributed by atoms with Crippen molar-refractivity contribution in [1.29, 1.82) is 0 Å². The Bertz CT molecular complexity index is 378. The maximum Gasteiger partial charge on any atom is 0.220 e. The molecule has 0 aliphatic rings. The molecule has 0 radical (unpaired) electrons. The van der Waals surface area contributed by atoms with Crippen molar-refractivity contribution in [2.45, 2.75) is 39.2 Å². The molecule has 0 heterocycles. The summed E-state index contributed by atoms with van der Waals surface area (Å²) in [5.74, 6) is 0.696. The molecule has 0 aromatic heterocycles. The van der Waals surface area contributed by atoms with Gasteiger partial charge in [-0.25, -0.2) is 0 Å².